The summed E-state index contributed by atoms with van der Waals surface area (Å²) in [4.78, 5) is 54.1. The molecule has 0 spiro atoms. The highest BCUT2D eigenvalue weighted by Crippen LogP contribution is 2.32. The fourth-order valence-electron chi connectivity index (χ4n) is 3.67. The van der Waals surface area contributed by atoms with Crippen LogP contribution in [0.3, 0.4) is 0 Å². The molecule has 1 saturated heterocycles. The van der Waals surface area contributed by atoms with Crippen LogP contribution in [0.1, 0.15) is 54.8 Å². The number of likely N-dealkylation sites (tertiary alicyclic amines) is 1. The lowest BCUT2D eigenvalue weighted by molar-refractivity contribution is -0.165. The van der Waals surface area contributed by atoms with Gasteiger partial charge in [0.05, 0.1) is 11.1 Å². The molecule has 3 amide bonds. The minimum atomic E-state index is -0.932. The van der Waals surface area contributed by atoms with Crippen molar-refractivity contribution in [3.63, 3.8) is 0 Å². The van der Waals surface area contributed by atoms with E-state index >= 15 is 0 Å². The summed E-state index contributed by atoms with van der Waals surface area (Å²) >= 11 is 1.55. The number of rotatable bonds is 4. The van der Waals surface area contributed by atoms with Gasteiger partial charge in [-0.3, -0.25) is 19.3 Å². The van der Waals surface area contributed by atoms with E-state index in [1.165, 1.54) is 4.90 Å². The minimum Gasteiger partial charge on any atom is -0.458 e. The van der Waals surface area contributed by atoms with Gasteiger partial charge in [0.2, 0.25) is 5.91 Å². The Hall–Kier alpha value is -2.35. The first-order chi connectivity index (χ1) is 13.5. The largest absolute Gasteiger partial charge is 0.458 e. The molecule has 7 nitrogen and oxygen atoms in total. The van der Waals surface area contributed by atoms with Gasteiger partial charge in [-0.05, 0) is 52.5 Å². The number of thioether (sulfide) groups is 1. The van der Waals surface area contributed by atoms with E-state index < -0.39 is 41.4 Å². The van der Waals surface area contributed by atoms with Crippen LogP contribution in [-0.4, -0.2) is 69.2 Å². The van der Waals surface area contributed by atoms with Gasteiger partial charge in [-0.15, -0.1) is 0 Å². The summed E-state index contributed by atoms with van der Waals surface area (Å²) in [5.41, 5.74) is -0.0583. The van der Waals surface area contributed by atoms with E-state index in [1.54, 1.807) is 63.7 Å². The van der Waals surface area contributed by atoms with Gasteiger partial charge in [-0.25, -0.2) is 4.79 Å². The minimum absolute atomic E-state index is 0.00750. The number of ether oxygens (including phenoxy) is 1. The van der Waals surface area contributed by atoms with Gasteiger partial charge in [0.25, 0.3) is 11.8 Å². The van der Waals surface area contributed by atoms with Crippen molar-refractivity contribution in [2.75, 3.05) is 12.8 Å². The van der Waals surface area contributed by atoms with Gasteiger partial charge < -0.3 is 9.64 Å². The Balaban J connectivity index is 1.89. The highest BCUT2D eigenvalue weighted by atomic mass is 32.2. The second kappa shape index (κ2) is 7.82. The van der Waals surface area contributed by atoms with Crippen molar-refractivity contribution in [1.29, 1.82) is 0 Å². The molecule has 3 atom stereocenters. The van der Waals surface area contributed by atoms with E-state index in [0.29, 0.717) is 24.1 Å². The molecule has 29 heavy (non-hydrogen) atoms. The van der Waals surface area contributed by atoms with Crippen molar-refractivity contribution in [1.82, 2.24) is 9.80 Å². The number of amides is 3. The lowest BCUT2D eigenvalue weighted by atomic mass is 10.0. The van der Waals surface area contributed by atoms with Gasteiger partial charge >= 0.3 is 5.97 Å². The molecule has 0 bridgehead atoms. The maximum atomic E-state index is 13.3. The van der Waals surface area contributed by atoms with Crippen LogP contribution in [0.2, 0.25) is 0 Å². The molecular weight excluding hydrogens is 392 g/mol. The number of imide groups is 1. The molecule has 8 heteroatoms. The lowest BCUT2D eigenvalue weighted by Gasteiger charge is -2.41. The normalized spacial score (nSPS) is 23.3. The molecule has 1 aromatic carbocycles. The van der Waals surface area contributed by atoms with Gasteiger partial charge in [0, 0.05) is 11.8 Å². The van der Waals surface area contributed by atoms with E-state index in [0.717, 1.165) is 4.90 Å². The Morgan fingerprint density at radius 1 is 1.14 bits per heavy atom. The third kappa shape index (κ3) is 4.03. The summed E-state index contributed by atoms with van der Waals surface area (Å²) in [7, 11) is 0. The summed E-state index contributed by atoms with van der Waals surface area (Å²) in [5.74, 6) is -1.83. The van der Waals surface area contributed by atoms with Crippen molar-refractivity contribution in [3.05, 3.63) is 35.4 Å². The van der Waals surface area contributed by atoms with Crippen molar-refractivity contribution >= 4 is 35.5 Å². The SMILES string of the molecule is CS[C@@H]1C[C@@H](N2C(=O)c3ccccc3C2=O)C(=O)N([C@@H](C)C(=O)OC(C)(C)C)C1. The summed E-state index contributed by atoms with van der Waals surface area (Å²) in [6.45, 7) is 7.28. The smallest absolute Gasteiger partial charge is 0.329 e. The predicted octanol–water partition coefficient (Wildman–Crippen LogP) is 2.35. The van der Waals surface area contributed by atoms with Crippen molar-refractivity contribution in [2.24, 2.45) is 0 Å². The van der Waals surface area contributed by atoms with E-state index in [9.17, 15) is 19.2 Å². The zero-order chi connectivity index (χ0) is 21.5. The van der Waals surface area contributed by atoms with Gasteiger partial charge in [0.1, 0.15) is 17.7 Å². The Kier molecular flexibility index (Phi) is 5.76. The maximum absolute atomic E-state index is 13.3. The monoisotopic (exact) mass is 418 g/mol. The Morgan fingerprint density at radius 3 is 2.17 bits per heavy atom. The van der Waals surface area contributed by atoms with Crippen LogP contribution in [0, 0.1) is 0 Å². The highest BCUT2D eigenvalue weighted by Gasteiger charge is 2.48. The topological polar surface area (TPSA) is 84.0 Å². The molecule has 2 aliphatic rings. The molecule has 156 valence electrons. The van der Waals surface area contributed by atoms with Crippen LogP contribution in [-0.2, 0) is 14.3 Å². The molecule has 1 aromatic rings. The van der Waals surface area contributed by atoms with E-state index in [-0.39, 0.29) is 5.25 Å². The molecule has 0 saturated carbocycles. The number of nitrogens with zero attached hydrogens (tertiary/aromatic N) is 2. The molecule has 3 rings (SSSR count). The summed E-state index contributed by atoms with van der Waals surface area (Å²) in [6.07, 6.45) is 2.28. The van der Waals surface area contributed by atoms with E-state index in [4.69, 9.17) is 4.74 Å². The Morgan fingerprint density at radius 2 is 1.69 bits per heavy atom. The number of fused-ring (bicyclic) bond motifs is 1. The number of carbonyl (C=O) groups is 4. The van der Waals surface area contributed by atoms with Crippen molar-refractivity contribution in [2.45, 2.75) is 57.1 Å². The van der Waals surface area contributed by atoms with Crippen LogP contribution in [0.15, 0.2) is 24.3 Å². The molecule has 0 aliphatic carbocycles. The molecule has 0 unspecified atom stereocenters. The third-order valence-electron chi connectivity index (χ3n) is 5.14. The Bertz CT molecular complexity index is 828. The zero-order valence-corrected chi connectivity index (χ0v) is 18.1. The first kappa shape index (κ1) is 21.4. The first-order valence-corrected chi connectivity index (χ1v) is 10.9. The molecule has 1 fully saturated rings. The predicted molar refractivity (Wildman–Crippen MR) is 110 cm³/mol. The lowest BCUT2D eigenvalue weighted by Crippen LogP contribution is -2.61. The number of piperidine rings is 1. The van der Waals surface area contributed by atoms with Crippen LogP contribution in [0.4, 0.5) is 0 Å². The fourth-order valence-corrected chi connectivity index (χ4v) is 4.35. The number of hydrogen-bond donors (Lipinski definition) is 0. The fraction of sp³-hybridized carbons (Fsp3) is 0.524. The quantitative estimate of drug-likeness (QED) is 0.551. The second-order valence-corrected chi connectivity index (χ2v) is 9.47. The molecule has 0 aromatic heterocycles. The van der Waals surface area contributed by atoms with Gasteiger partial charge in [-0.1, -0.05) is 12.1 Å². The van der Waals surface area contributed by atoms with Gasteiger partial charge in [0.15, 0.2) is 0 Å². The van der Waals surface area contributed by atoms with Crippen molar-refractivity contribution in [3.8, 4) is 0 Å². The summed E-state index contributed by atoms with van der Waals surface area (Å²) < 4.78 is 5.44. The van der Waals surface area contributed by atoms with Gasteiger partial charge in [-0.2, -0.15) is 11.8 Å². The number of carbonyl (C=O) groups excluding carboxylic acids is 4. The number of benzene rings is 1. The molecule has 2 aliphatic heterocycles. The Labute approximate surface area is 174 Å². The summed E-state index contributed by atoms with van der Waals surface area (Å²) in [6, 6.07) is 4.83. The van der Waals surface area contributed by atoms with E-state index in [2.05, 4.69) is 0 Å². The molecule has 0 radical (unpaired) electrons. The average Bonchev–Trinajstić information content (AvgIpc) is 2.91. The van der Waals surface area contributed by atoms with Crippen LogP contribution < -0.4 is 0 Å². The molecular formula is C21H26N2O5S. The van der Waals surface area contributed by atoms with Crippen molar-refractivity contribution < 1.29 is 23.9 Å². The highest BCUT2D eigenvalue weighted by molar-refractivity contribution is 7.99. The number of esters is 1. The van der Waals surface area contributed by atoms with Crippen LogP contribution in [0.25, 0.3) is 0 Å². The average molecular weight is 419 g/mol. The van der Waals surface area contributed by atoms with Crippen LogP contribution >= 0.6 is 11.8 Å². The first-order valence-electron chi connectivity index (χ1n) is 9.58. The number of hydrogen-bond acceptors (Lipinski definition) is 6. The van der Waals surface area contributed by atoms with Crippen LogP contribution in [0.5, 0.6) is 0 Å². The standard InChI is InChI=1S/C21H26N2O5S/c1-12(20(27)28-21(2,3)4)22-11-13(29-5)10-16(19(22)26)23-17(24)14-8-6-7-9-15(14)18(23)25/h6-9,12-13,16H,10-11H2,1-5H3/t12-,13+,16+/m0/s1. The third-order valence-corrected chi connectivity index (χ3v) is 6.15. The zero-order valence-electron chi connectivity index (χ0n) is 17.3. The molecule has 0 N–H and O–H groups in total. The summed E-state index contributed by atoms with van der Waals surface area (Å²) in [5, 5.41) is -0.00750. The molecule has 2 heterocycles. The maximum Gasteiger partial charge on any atom is 0.329 e. The second-order valence-electron chi connectivity index (χ2n) is 8.34. The van der Waals surface area contributed by atoms with E-state index in [1.807, 2.05) is 6.26 Å².